The quantitative estimate of drug-likeness (QED) is 0.419. The van der Waals surface area contributed by atoms with Crippen LogP contribution in [0.4, 0.5) is 0 Å². The Morgan fingerprint density at radius 2 is 1.92 bits per heavy atom. The fourth-order valence-corrected chi connectivity index (χ4v) is 1.54. The van der Waals surface area contributed by atoms with Gasteiger partial charge in [-0.2, -0.15) is 0 Å². The third-order valence-electron chi connectivity index (χ3n) is 1.58. The number of rotatable bonds is 7. The molecule has 2 nitrogen and oxygen atoms in total. The van der Waals surface area contributed by atoms with Crippen molar-refractivity contribution in [3.8, 4) is 0 Å². The zero-order valence-electron chi connectivity index (χ0n) is 7.93. The van der Waals surface area contributed by atoms with E-state index in [1.807, 2.05) is 0 Å². The van der Waals surface area contributed by atoms with Gasteiger partial charge in [-0.05, 0) is 19.3 Å². The topological polar surface area (TPSA) is 37.3 Å². The van der Waals surface area contributed by atoms with Crippen molar-refractivity contribution in [3.63, 3.8) is 0 Å². The van der Waals surface area contributed by atoms with E-state index in [2.05, 4.69) is 0 Å². The van der Waals surface area contributed by atoms with E-state index >= 15 is 0 Å². The molecule has 0 amide bonds. The molecule has 0 rings (SSSR count). The molecule has 0 aliphatic heterocycles. The molecule has 0 aromatic rings. The van der Waals surface area contributed by atoms with E-state index in [4.69, 9.17) is 28.3 Å². The summed E-state index contributed by atoms with van der Waals surface area (Å²) in [7, 11) is 0. The van der Waals surface area contributed by atoms with Crippen molar-refractivity contribution in [2.75, 3.05) is 5.88 Å². The Balaban J connectivity index is 0. The van der Waals surface area contributed by atoms with Crippen LogP contribution in [-0.4, -0.2) is 51.9 Å². The molecule has 0 fully saturated rings. The minimum atomic E-state index is -0.738. The average Bonchev–Trinajstić information content (AvgIpc) is 1.98. The molecule has 0 aliphatic rings. The Morgan fingerprint density at radius 3 is 2.38 bits per heavy atom. The molecule has 1 radical (unpaired) electrons. The van der Waals surface area contributed by atoms with E-state index in [1.165, 1.54) is 0 Å². The van der Waals surface area contributed by atoms with Crippen molar-refractivity contribution in [3.05, 3.63) is 0 Å². The van der Waals surface area contributed by atoms with Crippen LogP contribution in [0.1, 0.15) is 32.1 Å². The number of carboxylic acid groups (broad SMARTS) is 1. The molecule has 1 unspecified atom stereocenters. The molecule has 0 spiro atoms. The van der Waals surface area contributed by atoms with Gasteiger partial charge in [0.25, 0.3) is 0 Å². The molecule has 0 heterocycles. The summed E-state index contributed by atoms with van der Waals surface area (Å²) in [4.78, 5) is 10.1. The molecule has 13 heavy (non-hydrogen) atoms. The monoisotopic (exact) mass is 235 g/mol. The summed E-state index contributed by atoms with van der Waals surface area (Å²) in [6.07, 6.45) is 3.49. The zero-order chi connectivity index (χ0) is 9.40. The predicted molar refractivity (Wildman–Crippen MR) is 56.8 cm³/mol. The molecule has 0 aromatic carbocycles. The van der Waals surface area contributed by atoms with Gasteiger partial charge >= 0.3 is 5.97 Å². The Hall–Kier alpha value is 1.05. The minimum absolute atomic E-state index is 0. The van der Waals surface area contributed by atoms with Crippen LogP contribution in [-0.2, 0) is 4.79 Å². The number of hydrogen-bond donors (Lipinski definition) is 1. The molecule has 0 saturated carbocycles. The van der Waals surface area contributed by atoms with Gasteiger partial charge in [0.1, 0.15) is 0 Å². The van der Waals surface area contributed by atoms with E-state index in [1.54, 1.807) is 0 Å². The van der Waals surface area contributed by atoms with E-state index in [0.29, 0.717) is 12.3 Å². The summed E-state index contributed by atoms with van der Waals surface area (Å²) in [6, 6.07) is 0. The predicted octanol–water partition coefficient (Wildman–Crippen LogP) is 2.49. The smallest absolute Gasteiger partial charge is 0.303 e. The first-order valence-electron chi connectivity index (χ1n) is 4.08. The second-order valence-electron chi connectivity index (χ2n) is 2.71. The fourth-order valence-electron chi connectivity index (χ4n) is 0.905. The van der Waals surface area contributed by atoms with Crippen LogP contribution in [0.2, 0.25) is 0 Å². The minimum Gasteiger partial charge on any atom is -0.481 e. The van der Waals surface area contributed by atoms with Crippen LogP contribution in [0.25, 0.3) is 0 Å². The Labute approximate surface area is 111 Å². The van der Waals surface area contributed by atoms with Crippen molar-refractivity contribution in [2.45, 2.75) is 37.5 Å². The van der Waals surface area contributed by atoms with Crippen molar-refractivity contribution >= 4 is 58.7 Å². The summed E-state index contributed by atoms with van der Waals surface area (Å²) in [5.74, 6) is -0.161. The maximum Gasteiger partial charge on any atom is 0.303 e. The maximum atomic E-state index is 10.1. The number of alkyl halides is 2. The first-order chi connectivity index (χ1) is 5.66. The summed E-state index contributed by atoms with van der Waals surface area (Å²) in [5.41, 5.74) is 0. The Morgan fingerprint density at radius 1 is 1.31 bits per heavy atom. The van der Waals surface area contributed by atoms with Crippen LogP contribution in [0, 0.1) is 0 Å². The van der Waals surface area contributed by atoms with E-state index in [0.717, 1.165) is 19.3 Å². The molecule has 0 bridgehead atoms. The van der Waals surface area contributed by atoms with Gasteiger partial charge < -0.3 is 5.11 Å². The van der Waals surface area contributed by atoms with Gasteiger partial charge in [-0.25, -0.2) is 0 Å². The summed E-state index contributed by atoms with van der Waals surface area (Å²) >= 11 is 11.3. The van der Waals surface area contributed by atoms with Gasteiger partial charge in [0.05, 0.1) is 0 Å². The largest absolute Gasteiger partial charge is 0.481 e. The van der Waals surface area contributed by atoms with Crippen LogP contribution in [0.5, 0.6) is 0 Å². The van der Waals surface area contributed by atoms with Crippen molar-refractivity contribution in [1.82, 2.24) is 0 Å². The Kier molecular flexibility index (Phi) is 14.1. The third-order valence-corrected chi connectivity index (χ3v) is 2.23. The normalized spacial score (nSPS) is 11.8. The Bertz CT molecular complexity index is 133. The van der Waals surface area contributed by atoms with Crippen LogP contribution < -0.4 is 0 Å². The van der Waals surface area contributed by atoms with Gasteiger partial charge in [0, 0.05) is 47.2 Å². The number of carbonyl (C=O) groups is 1. The van der Waals surface area contributed by atoms with Gasteiger partial charge in [-0.15, -0.1) is 23.2 Å². The second-order valence-corrected chi connectivity index (χ2v) is 3.71. The van der Waals surface area contributed by atoms with Gasteiger partial charge in [-0.1, -0.05) is 6.42 Å². The van der Waals surface area contributed by atoms with E-state index in [9.17, 15) is 4.79 Å². The number of aliphatic carboxylic acids is 1. The van der Waals surface area contributed by atoms with Crippen molar-refractivity contribution < 1.29 is 9.90 Å². The van der Waals surface area contributed by atoms with E-state index in [-0.39, 0.29) is 41.4 Å². The zero-order valence-corrected chi connectivity index (χ0v) is 11.4. The molecule has 0 aliphatic carbocycles. The molecule has 0 saturated heterocycles. The average molecular weight is 236 g/mol. The van der Waals surface area contributed by atoms with Crippen LogP contribution in [0.15, 0.2) is 0 Å². The molecular formula is C8H14Cl2NaO2. The summed E-state index contributed by atoms with van der Waals surface area (Å²) in [5, 5.41) is 8.44. The number of hydrogen-bond acceptors (Lipinski definition) is 1. The van der Waals surface area contributed by atoms with Crippen LogP contribution >= 0.6 is 23.2 Å². The van der Waals surface area contributed by atoms with Crippen molar-refractivity contribution in [1.29, 1.82) is 0 Å². The number of unbranched alkanes of at least 4 members (excludes halogenated alkanes) is 1. The molecular weight excluding hydrogens is 222 g/mol. The first-order valence-corrected chi connectivity index (χ1v) is 5.05. The van der Waals surface area contributed by atoms with Crippen LogP contribution in [0.3, 0.4) is 0 Å². The fraction of sp³-hybridized carbons (Fsp3) is 0.875. The second kappa shape index (κ2) is 11.1. The maximum absolute atomic E-state index is 10.1. The standard InChI is InChI=1S/C8H14Cl2O2.Na/c9-6-5-7(10)3-1-2-4-8(11)12;/h7H,1-6H2,(H,11,12);. The van der Waals surface area contributed by atoms with E-state index < -0.39 is 5.97 Å². The van der Waals surface area contributed by atoms with Crippen molar-refractivity contribution in [2.24, 2.45) is 0 Å². The molecule has 5 heteroatoms. The third kappa shape index (κ3) is 13.1. The SMILES string of the molecule is O=C(O)CCCCC(Cl)CCCl.[Na]. The number of carboxylic acids is 1. The summed E-state index contributed by atoms with van der Waals surface area (Å²) < 4.78 is 0. The molecule has 0 aromatic heterocycles. The molecule has 73 valence electrons. The first kappa shape index (κ1) is 16.5. The molecule has 1 atom stereocenters. The molecule has 1 N–H and O–H groups in total. The van der Waals surface area contributed by atoms with Gasteiger partial charge in [-0.3, -0.25) is 4.79 Å². The summed E-state index contributed by atoms with van der Waals surface area (Å²) in [6.45, 7) is 0. The van der Waals surface area contributed by atoms with Gasteiger partial charge in [0.2, 0.25) is 0 Å². The van der Waals surface area contributed by atoms with Gasteiger partial charge in [0.15, 0.2) is 0 Å². The number of halogens is 2.